The van der Waals surface area contributed by atoms with Crippen molar-refractivity contribution in [1.82, 2.24) is 4.90 Å². The summed E-state index contributed by atoms with van der Waals surface area (Å²) in [5, 5.41) is 13.6. The average Bonchev–Trinajstić information content (AvgIpc) is 3.26. The maximum Gasteiger partial charge on any atom is 0.256 e. The summed E-state index contributed by atoms with van der Waals surface area (Å²) < 4.78 is 0. The number of nitrogens with zero attached hydrogens (tertiary/aromatic N) is 1. The second-order valence-corrected chi connectivity index (χ2v) is 6.01. The zero-order chi connectivity index (χ0) is 14.2. The third kappa shape index (κ3) is 2.40. The SMILES string of the molecule is CCCNc1ccccc1C(=O)N1CC(O)(C2CC2)C1. The van der Waals surface area contributed by atoms with Crippen LogP contribution in [0.2, 0.25) is 0 Å². The van der Waals surface area contributed by atoms with Crippen LogP contribution in [0.3, 0.4) is 0 Å². The lowest BCUT2D eigenvalue weighted by molar-refractivity contribution is -0.0957. The van der Waals surface area contributed by atoms with Crippen LogP contribution >= 0.6 is 0 Å². The molecule has 1 aromatic rings. The second-order valence-electron chi connectivity index (χ2n) is 6.01. The molecule has 1 aromatic carbocycles. The number of rotatable bonds is 5. The Morgan fingerprint density at radius 2 is 2.10 bits per heavy atom. The van der Waals surface area contributed by atoms with E-state index in [9.17, 15) is 9.90 Å². The first kappa shape index (κ1) is 13.4. The average molecular weight is 274 g/mol. The maximum atomic E-state index is 12.5. The number of carbonyl (C=O) groups is 1. The molecule has 1 heterocycles. The number of hydrogen-bond donors (Lipinski definition) is 2. The Bertz CT molecular complexity index is 505. The molecule has 20 heavy (non-hydrogen) atoms. The van der Waals surface area contributed by atoms with Gasteiger partial charge in [0, 0.05) is 12.2 Å². The highest BCUT2D eigenvalue weighted by atomic mass is 16.3. The van der Waals surface area contributed by atoms with Gasteiger partial charge in [0.2, 0.25) is 0 Å². The summed E-state index contributed by atoms with van der Waals surface area (Å²) in [6.07, 6.45) is 3.23. The van der Waals surface area contributed by atoms with Gasteiger partial charge in [-0.25, -0.2) is 0 Å². The van der Waals surface area contributed by atoms with Gasteiger partial charge in [-0.05, 0) is 37.3 Å². The smallest absolute Gasteiger partial charge is 0.256 e. The topological polar surface area (TPSA) is 52.6 Å². The van der Waals surface area contributed by atoms with Crippen molar-refractivity contribution in [3.8, 4) is 0 Å². The quantitative estimate of drug-likeness (QED) is 0.864. The Labute approximate surface area is 119 Å². The first-order valence-electron chi connectivity index (χ1n) is 7.48. The number of benzene rings is 1. The lowest BCUT2D eigenvalue weighted by atomic mass is 9.88. The third-order valence-corrected chi connectivity index (χ3v) is 4.28. The van der Waals surface area contributed by atoms with E-state index in [0.29, 0.717) is 24.6 Å². The molecule has 1 aliphatic carbocycles. The molecular formula is C16H22N2O2. The van der Waals surface area contributed by atoms with Gasteiger partial charge in [-0.15, -0.1) is 0 Å². The Morgan fingerprint density at radius 3 is 2.75 bits per heavy atom. The van der Waals surface area contributed by atoms with Crippen molar-refractivity contribution < 1.29 is 9.90 Å². The van der Waals surface area contributed by atoms with Gasteiger partial charge in [0.05, 0.1) is 18.7 Å². The number of nitrogens with one attached hydrogen (secondary N) is 1. The van der Waals surface area contributed by atoms with Crippen LogP contribution in [-0.2, 0) is 0 Å². The summed E-state index contributed by atoms with van der Waals surface area (Å²) in [5.41, 5.74) is 0.988. The molecule has 0 aromatic heterocycles. The molecule has 1 saturated heterocycles. The second kappa shape index (κ2) is 5.09. The van der Waals surface area contributed by atoms with Gasteiger partial charge in [-0.1, -0.05) is 19.1 Å². The Balaban J connectivity index is 1.68. The summed E-state index contributed by atoms with van der Waals surface area (Å²) in [7, 11) is 0. The molecule has 1 aliphatic heterocycles. The van der Waals surface area contributed by atoms with E-state index in [1.165, 1.54) is 0 Å². The molecule has 108 valence electrons. The predicted molar refractivity (Wildman–Crippen MR) is 78.8 cm³/mol. The fraction of sp³-hybridized carbons (Fsp3) is 0.562. The fourth-order valence-corrected chi connectivity index (χ4v) is 2.89. The highest BCUT2D eigenvalue weighted by molar-refractivity contribution is 6.00. The summed E-state index contributed by atoms with van der Waals surface area (Å²) in [6, 6.07) is 7.62. The van der Waals surface area contributed by atoms with Crippen molar-refractivity contribution in [3.63, 3.8) is 0 Å². The summed E-state index contributed by atoms with van der Waals surface area (Å²) in [5.74, 6) is 0.439. The molecule has 0 atom stereocenters. The number of hydrogen-bond acceptors (Lipinski definition) is 3. The molecule has 2 aliphatic rings. The van der Waals surface area contributed by atoms with Gasteiger partial charge in [-0.2, -0.15) is 0 Å². The van der Waals surface area contributed by atoms with Crippen molar-refractivity contribution in [2.24, 2.45) is 5.92 Å². The van der Waals surface area contributed by atoms with Crippen molar-refractivity contribution >= 4 is 11.6 Å². The van der Waals surface area contributed by atoms with Crippen molar-refractivity contribution in [2.75, 3.05) is 25.0 Å². The minimum Gasteiger partial charge on any atom is -0.386 e. The molecule has 4 nitrogen and oxygen atoms in total. The highest BCUT2D eigenvalue weighted by Crippen LogP contribution is 2.44. The summed E-state index contributed by atoms with van der Waals surface area (Å²) in [6.45, 7) is 3.93. The number of likely N-dealkylation sites (tertiary alicyclic amines) is 1. The lowest BCUT2D eigenvalue weighted by Crippen LogP contribution is -2.64. The number of amides is 1. The van der Waals surface area contributed by atoms with Gasteiger partial charge in [0.1, 0.15) is 5.60 Å². The maximum absolute atomic E-state index is 12.5. The lowest BCUT2D eigenvalue weighted by Gasteiger charge is -2.47. The highest BCUT2D eigenvalue weighted by Gasteiger charge is 2.53. The third-order valence-electron chi connectivity index (χ3n) is 4.28. The molecule has 4 heteroatoms. The van der Waals surface area contributed by atoms with Gasteiger partial charge >= 0.3 is 0 Å². The molecule has 0 spiro atoms. The Hall–Kier alpha value is -1.55. The number of β-amino-alcohol motifs (C(OH)–C–C–N with tert-alkyl or cyclic N) is 1. The Kier molecular flexibility index (Phi) is 3.42. The zero-order valence-corrected chi connectivity index (χ0v) is 11.9. The molecule has 0 bridgehead atoms. The van der Waals surface area contributed by atoms with Crippen LogP contribution in [-0.4, -0.2) is 41.1 Å². The van der Waals surface area contributed by atoms with E-state index in [2.05, 4.69) is 12.2 Å². The molecule has 2 fully saturated rings. The predicted octanol–water partition coefficient (Wildman–Crippen LogP) is 2.11. The van der Waals surface area contributed by atoms with E-state index in [1.54, 1.807) is 4.90 Å². The number of carbonyl (C=O) groups excluding carboxylic acids is 1. The van der Waals surface area contributed by atoms with Gasteiger partial charge < -0.3 is 15.3 Å². The van der Waals surface area contributed by atoms with Gasteiger partial charge in [0.15, 0.2) is 0 Å². The van der Waals surface area contributed by atoms with Crippen LogP contribution in [0.1, 0.15) is 36.5 Å². The summed E-state index contributed by atoms with van der Waals surface area (Å²) in [4.78, 5) is 14.3. The first-order chi connectivity index (χ1) is 9.64. The standard InChI is InChI=1S/C16H22N2O2/c1-2-9-17-14-6-4-3-5-13(14)15(19)18-10-16(20,11-18)12-7-8-12/h3-6,12,17,20H,2,7-11H2,1H3. The van der Waals surface area contributed by atoms with E-state index in [1.807, 2.05) is 24.3 Å². The zero-order valence-electron chi connectivity index (χ0n) is 11.9. The minimum absolute atomic E-state index is 0.0227. The van der Waals surface area contributed by atoms with Crippen molar-refractivity contribution in [3.05, 3.63) is 29.8 Å². The van der Waals surface area contributed by atoms with E-state index in [0.717, 1.165) is 31.5 Å². The normalized spacial score (nSPS) is 20.4. The van der Waals surface area contributed by atoms with Gasteiger partial charge in [0.25, 0.3) is 5.91 Å². The van der Waals surface area contributed by atoms with Crippen LogP contribution in [0, 0.1) is 5.92 Å². The molecule has 3 rings (SSSR count). The van der Waals surface area contributed by atoms with Crippen molar-refractivity contribution in [1.29, 1.82) is 0 Å². The minimum atomic E-state index is -0.610. The Morgan fingerprint density at radius 1 is 1.40 bits per heavy atom. The van der Waals surface area contributed by atoms with Crippen molar-refractivity contribution in [2.45, 2.75) is 31.8 Å². The summed E-state index contributed by atoms with van der Waals surface area (Å²) >= 11 is 0. The first-order valence-corrected chi connectivity index (χ1v) is 7.48. The van der Waals surface area contributed by atoms with Crippen LogP contribution in [0.4, 0.5) is 5.69 Å². The van der Waals surface area contributed by atoms with E-state index in [4.69, 9.17) is 0 Å². The molecule has 1 saturated carbocycles. The van der Waals surface area contributed by atoms with E-state index < -0.39 is 5.60 Å². The fourth-order valence-electron chi connectivity index (χ4n) is 2.89. The van der Waals surface area contributed by atoms with E-state index >= 15 is 0 Å². The molecule has 2 N–H and O–H groups in total. The number of aliphatic hydroxyl groups is 1. The molecular weight excluding hydrogens is 252 g/mol. The molecule has 0 radical (unpaired) electrons. The monoisotopic (exact) mass is 274 g/mol. The van der Waals surface area contributed by atoms with E-state index in [-0.39, 0.29) is 5.91 Å². The van der Waals surface area contributed by atoms with Crippen LogP contribution in [0.5, 0.6) is 0 Å². The molecule has 1 amide bonds. The largest absolute Gasteiger partial charge is 0.386 e. The van der Waals surface area contributed by atoms with Crippen LogP contribution < -0.4 is 5.32 Å². The van der Waals surface area contributed by atoms with Gasteiger partial charge in [-0.3, -0.25) is 4.79 Å². The van der Waals surface area contributed by atoms with Crippen LogP contribution in [0.25, 0.3) is 0 Å². The molecule has 0 unspecified atom stereocenters. The number of para-hydroxylation sites is 1. The number of anilines is 1. The van der Waals surface area contributed by atoms with Crippen LogP contribution in [0.15, 0.2) is 24.3 Å².